The van der Waals surface area contributed by atoms with Crippen molar-refractivity contribution in [3.8, 4) is 11.5 Å². The van der Waals surface area contributed by atoms with E-state index in [1.165, 1.54) is 18.9 Å². The maximum Gasteiger partial charge on any atom is 0.251 e. The number of carbonyl (C=O) groups is 1. The van der Waals surface area contributed by atoms with Gasteiger partial charge in [0.05, 0.1) is 0 Å². The monoisotopic (exact) mass is 394 g/mol. The van der Waals surface area contributed by atoms with E-state index in [1.807, 2.05) is 0 Å². The van der Waals surface area contributed by atoms with Gasteiger partial charge in [0.1, 0.15) is 11.6 Å². The van der Waals surface area contributed by atoms with Crippen molar-refractivity contribution < 1.29 is 18.3 Å². The lowest BCUT2D eigenvalue weighted by atomic mass is 9.99. The molecule has 4 nitrogen and oxygen atoms in total. The first-order chi connectivity index (χ1) is 12.6. The molecular formula is C20H21ClF2N2O2. The van der Waals surface area contributed by atoms with Crippen molar-refractivity contribution in [2.75, 3.05) is 0 Å². The molecule has 2 aliphatic heterocycles. The maximum atomic E-state index is 13.6. The summed E-state index contributed by atoms with van der Waals surface area (Å²) in [6.07, 6.45) is 4.30. The zero-order chi connectivity index (χ0) is 18.1. The molecule has 1 amide bonds. The van der Waals surface area contributed by atoms with Gasteiger partial charge < -0.3 is 15.4 Å². The number of hydrogen-bond acceptors (Lipinski definition) is 3. The molecule has 0 spiro atoms. The SMILES string of the molecule is Cl.O=C(NC1CC2CCC(C1)N2)c1ccc(Oc2ccc(F)cc2F)cc1. The van der Waals surface area contributed by atoms with E-state index in [0.29, 0.717) is 23.4 Å². The summed E-state index contributed by atoms with van der Waals surface area (Å²) in [4.78, 5) is 12.4. The van der Waals surface area contributed by atoms with Crippen LogP contribution in [0.1, 0.15) is 36.0 Å². The Labute approximate surface area is 162 Å². The van der Waals surface area contributed by atoms with Gasteiger partial charge >= 0.3 is 0 Å². The van der Waals surface area contributed by atoms with Gasteiger partial charge in [-0.15, -0.1) is 12.4 Å². The summed E-state index contributed by atoms with van der Waals surface area (Å²) < 4.78 is 32.0. The lowest BCUT2D eigenvalue weighted by molar-refractivity contribution is 0.0924. The van der Waals surface area contributed by atoms with Gasteiger partial charge in [-0.05, 0) is 62.1 Å². The first-order valence-electron chi connectivity index (χ1n) is 8.87. The lowest BCUT2D eigenvalue weighted by Crippen LogP contribution is -2.48. The van der Waals surface area contributed by atoms with Gasteiger partial charge in [-0.2, -0.15) is 0 Å². The summed E-state index contributed by atoms with van der Waals surface area (Å²) in [7, 11) is 0. The van der Waals surface area contributed by atoms with E-state index >= 15 is 0 Å². The average Bonchev–Trinajstić information content (AvgIpc) is 2.96. The topological polar surface area (TPSA) is 50.4 Å². The minimum absolute atomic E-state index is 0. The Bertz CT molecular complexity index is 804. The fourth-order valence-electron chi connectivity index (χ4n) is 3.80. The molecule has 2 atom stereocenters. The average molecular weight is 395 g/mol. The van der Waals surface area contributed by atoms with Crippen molar-refractivity contribution in [3.63, 3.8) is 0 Å². The van der Waals surface area contributed by atoms with Gasteiger partial charge in [-0.1, -0.05) is 0 Å². The number of rotatable bonds is 4. The largest absolute Gasteiger partial charge is 0.454 e. The highest BCUT2D eigenvalue weighted by atomic mass is 35.5. The van der Waals surface area contributed by atoms with Crippen LogP contribution in [0.25, 0.3) is 0 Å². The van der Waals surface area contributed by atoms with E-state index in [4.69, 9.17) is 4.74 Å². The Balaban J connectivity index is 0.00000210. The predicted molar refractivity (Wildman–Crippen MR) is 101 cm³/mol. The highest BCUT2D eigenvalue weighted by molar-refractivity contribution is 5.94. The molecule has 0 aliphatic carbocycles. The first-order valence-corrected chi connectivity index (χ1v) is 8.87. The van der Waals surface area contributed by atoms with Crippen LogP contribution in [0.3, 0.4) is 0 Å². The predicted octanol–water partition coefficient (Wildman–Crippen LogP) is 4.19. The van der Waals surface area contributed by atoms with E-state index in [2.05, 4.69) is 10.6 Å². The molecule has 4 rings (SSSR count). The fraction of sp³-hybridized carbons (Fsp3) is 0.350. The Morgan fingerprint density at radius 1 is 1.04 bits per heavy atom. The summed E-state index contributed by atoms with van der Waals surface area (Å²) in [5.41, 5.74) is 0.530. The van der Waals surface area contributed by atoms with E-state index < -0.39 is 11.6 Å². The maximum absolute atomic E-state index is 13.6. The van der Waals surface area contributed by atoms with Gasteiger partial charge in [0, 0.05) is 29.8 Å². The third-order valence-electron chi connectivity index (χ3n) is 5.05. The van der Waals surface area contributed by atoms with Crippen LogP contribution in [-0.4, -0.2) is 24.0 Å². The third-order valence-corrected chi connectivity index (χ3v) is 5.05. The van der Waals surface area contributed by atoms with Crippen molar-refractivity contribution in [1.82, 2.24) is 10.6 Å². The molecule has 0 radical (unpaired) electrons. The van der Waals surface area contributed by atoms with Crippen LogP contribution >= 0.6 is 12.4 Å². The number of nitrogens with one attached hydrogen (secondary N) is 2. The number of amides is 1. The molecule has 0 saturated carbocycles. The van der Waals surface area contributed by atoms with Crippen molar-refractivity contribution in [2.45, 2.75) is 43.8 Å². The molecule has 27 heavy (non-hydrogen) atoms. The lowest BCUT2D eigenvalue weighted by Gasteiger charge is -2.29. The van der Waals surface area contributed by atoms with E-state index in [-0.39, 0.29) is 30.1 Å². The van der Waals surface area contributed by atoms with Crippen LogP contribution in [0.2, 0.25) is 0 Å². The Morgan fingerprint density at radius 3 is 2.33 bits per heavy atom. The number of ether oxygens (including phenoxy) is 1. The number of hydrogen-bond donors (Lipinski definition) is 2. The van der Waals surface area contributed by atoms with Crippen LogP contribution in [0.4, 0.5) is 8.78 Å². The van der Waals surface area contributed by atoms with Crippen LogP contribution < -0.4 is 15.4 Å². The quantitative estimate of drug-likeness (QED) is 0.817. The zero-order valence-corrected chi connectivity index (χ0v) is 15.4. The van der Waals surface area contributed by atoms with Crippen LogP contribution in [-0.2, 0) is 0 Å². The second kappa shape index (κ2) is 8.23. The van der Waals surface area contributed by atoms with Gasteiger partial charge in [0.15, 0.2) is 11.6 Å². The number of carbonyl (C=O) groups excluding carboxylic acids is 1. The number of piperidine rings is 1. The molecular weight excluding hydrogens is 374 g/mol. The molecule has 2 aromatic rings. The van der Waals surface area contributed by atoms with Gasteiger partial charge in [0.25, 0.3) is 5.91 Å². The zero-order valence-electron chi connectivity index (χ0n) is 14.6. The molecule has 2 unspecified atom stereocenters. The fourth-order valence-corrected chi connectivity index (χ4v) is 3.80. The Hall–Kier alpha value is -2.18. The van der Waals surface area contributed by atoms with Crippen molar-refractivity contribution in [3.05, 3.63) is 59.7 Å². The van der Waals surface area contributed by atoms with E-state index in [9.17, 15) is 13.6 Å². The molecule has 2 saturated heterocycles. The normalized spacial score (nSPS) is 23.4. The molecule has 2 aliphatic rings. The molecule has 2 aromatic carbocycles. The summed E-state index contributed by atoms with van der Waals surface area (Å²) in [6.45, 7) is 0. The van der Waals surface area contributed by atoms with Gasteiger partial charge in [0.2, 0.25) is 0 Å². The number of fused-ring (bicyclic) bond motifs is 2. The van der Waals surface area contributed by atoms with Crippen molar-refractivity contribution in [1.29, 1.82) is 0 Å². The van der Waals surface area contributed by atoms with Gasteiger partial charge in [-0.25, -0.2) is 8.78 Å². The minimum atomic E-state index is -0.771. The Kier molecular flexibility index (Phi) is 5.97. The van der Waals surface area contributed by atoms with Crippen LogP contribution in [0, 0.1) is 11.6 Å². The second-order valence-electron chi connectivity index (χ2n) is 6.98. The van der Waals surface area contributed by atoms with Crippen LogP contribution in [0.15, 0.2) is 42.5 Å². The molecule has 2 bridgehead atoms. The van der Waals surface area contributed by atoms with Crippen molar-refractivity contribution in [2.24, 2.45) is 0 Å². The molecule has 2 heterocycles. The summed E-state index contributed by atoms with van der Waals surface area (Å²) in [5, 5.41) is 6.65. The minimum Gasteiger partial charge on any atom is -0.454 e. The molecule has 2 fully saturated rings. The second-order valence-corrected chi connectivity index (χ2v) is 6.98. The molecule has 0 aromatic heterocycles. The van der Waals surface area contributed by atoms with Crippen LogP contribution in [0.5, 0.6) is 11.5 Å². The smallest absolute Gasteiger partial charge is 0.251 e. The highest BCUT2D eigenvalue weighted by Crippen LogP contribution is 2.28. The molecule has 144 valence electrons. The summed E-state index contributed by atoms with van der Waals surface area (Å²) >= 11 is 0. The Morgan fingerprint density at radius 2 is 1.70 bits per heavy atom. The van der Waals surface area contributed by atoms with Gasteiger partial charge in [-0.3, -0.25) is 4.79 Å². The summed E-state index contributed by atoms with van der Waals surface area (Å²) in [6, 6.07) is 10.8. The third kappa shape index (κ3) is 4.57. The highest BCUT2D eigenvalue weighted by Gasteiger charge is 2.34. The van der Waals surface area contributed by atoms with E-state index in [1.54, 1.807) is 24.3 Å². The number of benzene rings is 2. The first kappa shape index (κ1) is 19.6. The summed E-state index contributed by atoms with van der Waals surface area (Å²) in [5.74, 6) is -1.22. The van der Waals surface area contributed by atoms with E-state index in [0.717, 1.165) is 25.0 Å². The molecule has 2 N–H and O–H groups in total. The standard InChI is InChI=1S/C20H20F2N2O2.ClH/c21-13-3-8-19(18(22)9-13)26-17-6-1-12(2-7-17)20(25)24-16-10-14-4-5-15(11-16)23-14;/h1-3,6-9,14-16,23H,4-5,10-11H2,(H,24,25);1H. The van der Waals surface area contributed by atoms with Crippen molar-refractivity contribution >= 4 is 18.3 Å². The molecule has 7 heteroatoms. The number of halogens is 3.